The quantitative estimate of drug-likeness (QED) is 0.732. The van der Waals surface area contributed by atoms with E-state index in [2.05, 4.69) is 22.4 Å². The van der Waals surface area contributed by atoms with E-state index in [1.165, 1.54) is 5.56 Å². The summed E-state index contributed by atoms with van der Waals surface area (Å²) in [5, 5.41) is 3.36. The first kappa shape index (κ1) is 13.3. The van der Waals surface area contributed by atoms with Crippen molar-refractivity contribution < 1.29 is 4.79 Å². The molecule has 0 saturated carbocycles. The number of benzene rings is 1. The Kier molecular flexibility index (Phi) is 4.69. The molecule has 2 aromatic rings. The second-order valence-electron chi connectivity index (χ2n) is 4.32. The van der Waals surface area contributed by atoms with Crippen LogP contribution in [0, 0.1) is 0 Å². The van der Waals surface area contributed by atoms with Gasteiger partial charge >= 0.3 is 0 Å². The van der Waals surface area contributed by atoms with Crippen LogP contribution in [0.25, 0.3) is 0 Å². The molecule has 1 aromatic carbocycles. The largest absolute Gasteiger partial charge is 0.363 e. The summed E-state index contributed by atoms with van der Waals surface area (Å²) in [5.74, 6) is -0.162. The summed E-state index contributed by atoms with van der Waals surface area (Å²) in [6.07, 6.45) is 4.29. The molecule has 0 fully saturated rings. The third kappa shape index (κ3) is 3.93. The van der Waals surface area contributed by atoms with Crippen molar-refractivity contribution in [2.75, 3.05) is 6.54 Å². The maximum atomic E-state index is 11.1. The minimum Gasteiger partial charge on any atom is -0.363 e. The second kappa shape index (κ2) is 6.70. The number of nitrogens with one attached hydrogen (secondary N) is 1. The van der Waals surface area contributed by atoms with Crippen molar-refractivity contribution in [1.29, 1.82) is 0 Å². The first-order valence-electron chi connectivity index (χ1n) is 6.33. The molecule has 5 nitrogen and oxygen atoms in total. The van der Waals surface area contributed by atoms with Crippen LogP contribution in [0.15, 0.2) is 42.7 Å². The van der Waals surface area contributed by atoms with Crippen LogP contribution in [0.1, 0.15) is 22.6 Å². The van der Waals surface area contributed by atoms with Gasteiger partial charge in [0.25, 0.3) is 5.91 Å². The number of carbonyl (C=O) groups is 1. The molecule has 0 bridgehead atoms. The highest BCUT2D eigenvalue weighted by molar-refractivity contribution is 5.89. The number of hydrogen-bond acceptors (Lipinski definition) is 3. The molecule has 0 unspecified atom stereocenters. The summed E-state index contributed by atoms with van der Waals surface area (Å²) in [5.41, 5.74) is 6.49. The molecule has 0 atom stereocenters. The Bertz CT molecular complexity index is 521. The fourth-order valence-electron chi connectivity index (χ4n) is 1.92. The highest BCUT2D eigenvalue weighted by atomic mass is 16.1. The highest BCUT2D eigenvalue weighted by Gasteiger charge is 2.07. The summed E-state index contributed by atoms with van der Waals surface area (Å²) < 4.78 is 1.78. The normalized spacial score (nSPS) is 10.5. The number of nitrogens with zero attached hydrogens (tertiary/aromatic N) is 2. The molecule has 3 N–H and O–H groups in total. The third-order valence-corrected chi connectivity index (χ3v) is 2.86. The van der Waals surface area contributed by atoms with Gasteiger partial charge in [0.05, 0.1) is 0 Å². The monoisotopic (exact) mass is 258 g/mol. The molecule has 0 saturated heterocycles. The van der Waals surface area contributed by atoms with Gasteiger partial charge in [-0.05, 0) is 18.5 Å². The van der Waals surface area contributed by atoms with Gasteiger partial charge in [-0.3, -0.25) is 4.79 Å². The van der Waals surface area contributed by atoms with Crippen LogP contribution in [0.5, 0.6) is 0 Å². The topological polar surface area (TPSA) is 72.9 Å². The fourth-order valence-corrected chi connectivity index (χ4v) is 1.92. The van der Waals surface area contributed by atoms with Crippen molar-refractivity contribution in [1.82, 2.24) is 14.9 Å². The zero-order valence-corrected chi connectivity index (χ0v) is 10.7. The summed E-state index contributed by atoms with van der Waals surface area (Å²) >= 11 is 0. The van der Waals surface area contributed by atoms with Crippen molar-refractivity contribution in [2.24, 2.45) is 5.73 Å². The van der Waals surface area contributed by atoms with E-state index in [1.807, 2.05) is 18.2 Å². The van der Waals surface area contributed by atoms with E-state index < -0.39 is 5.91 Å². The van der Waals surface area contributed by atoms with E-state index in [-0.39, 0.29) is 0 Å². The predicted molar refractivity (Wildman–Crippen MR) is 73.5 cm³/mol. The Morgan fingerprint density at radius 1 is 1.32 bits per heavy atom. The average Bonchev–Trinajstić information content (AvgIpc) is 2.88. The Balaban J connectivity index is 1.70. The van der Waals surface area contributed by atoms with E-state index in [0.717, 1.165) is 26.1 Å². The van der Waals surface area contributed by atoms with Crippen LogP contribution in [-0.4, -0.2) is 22.0 Å². The summed E-state index contributed by atoms with van der Waals surface area (Å²) in [6.45, 7) is 2.47. The van der Waals surface area contributed by atoms with Crippen molar-refractivity contribution in [3.05, 3.63) is 54.1 Å². The molecule has 2 rings (SSSR count). The maximum absolute atomic E-state index is 11.1. The predicted octanol–water partition coefficient (Wildman–Crippen LogP) is 1.16. The molecule has 0 radical (unpaired) electrons. The number of aromatic nitrogens is 2. The molecular weight excluding hydrogens is 240 g/mol. The third-order valence-electron chi connectivity index (χ3n) is 2.86. The van der Waals surface area contributed by atoms with Gasteiger partial charge < -0.3 is 15.6 Å². The van der Waals surface area contributed by atoms with E-state index in [0.29, 0.717) is 5.82 Å². The Labute approximate surface area is 112 Å². The van der Waals surface area contributed by atoms with E-state index >= 15 is 0 Å². The van der Waals surface area contributed by atoms with E-state index in [1.54, 1.807) is 17.0 Å². The van der Waals surface area contributed by atoms with Crippen LogP contribution in [0.2, 0.25) is 0 Å². The van der Waals surface area contributed by atoms with Gasteiger partial charge in [0.15, 0.2) is 5.82 Å². The lowest BCUT2D eigenvalue weighted by Gasteiger charge is -2.07. The van der Waals surface area contributed by atoms with Gasteiger partial charge in [0, 0.05) is 25.5 Å². The first-order chi connectivity index (χ1) is 9.27. The number of imidazole rings is 1. The standard InChI is InChI=1S/C14H18N4O/c15-13(19)14-17-8-10-18(14)9-4-7-16-11-12-5-2-1-3-6-12/h1-3,5-6,8,10,16H,4,7,9,11H2,(H2,15,19). The van der Waals surface area contributed by atoms with Crippen LogP contribution in [0.3, 0.4) is 0 Å². The lowest BCUT2D eigenvalue weighted by Crippen LogP contribution is -2.20. The van der Waals surface area contributed by atoms with E-state index in [4.69, 9.17) is 5.73 Å². The minimum atomic E-state index is -0.484. The Morgan fingerprint density at radius 2 is 2.11 bits per heavy atom. The molecular formula is C14H18N4O. The summed E-state index contributed by atoms with van der Waals surface area (Å²) in [4.78, 5) is 15.0. The molecule has 1 heterocycles. The number of amides is 1. The SMILES string of the molecule is NC(=O)c1nccn1CCCNCc1ccccc1. The maximum Gasteiger partial charge on any atom is 0.284 e. The van der Waals surface area contributed by atoms with Crippen LogP contribution in [0.4, 0.5) is 0 Å². The highest BCUT2D eigenvalue weighted by Crippen LogP contribution is 1.99. The van der Waals surface area contributed by atoms with Crippen molar-refractivity contribution >= 4 is 5.91 Å². The van der Waals surface area contributed by atoms with Crippen molar-refractivity contribution in [3.8, 4) is 0 Å². The molecule has 100 valence electrons. The summed E-state index contributed by atoms with van der Waals surface area (Å²) in [7, 11) is 0. The average molecular weight is 258 g/mol. The minimum absolute atomic E-state index is 0.322. The van der Waals surface area contributed by atoms with Gasteiger partial charge in [-0.25, -0.2) is 4.98 Å². The van der Waals surface area contributed by atoms with Gasteiger partial charge in [0.2, 0.25) is 0 Å². The van der Waals surface area contributed by atoms with Gasteiger partial charge in [-0.1, -0.05) is 30.3 Å². The molecule has 5 heteroatoms. The molecule has 0 aliphatic heterocycles. The second-order valence-corrected chi connectivity index (χ2v) is 4.32. The van der Waals surface area contributed by atoms with Gasteiger partial charge in [-0.15, -0.1) is 0 Å². The molecule has 0 aliphatic carbocycles. The zero-order chi connectivity index (χ0) is 13.5. The number of primary amides is 1. The van der Waals surface area contributed by atoms with Gasteiger partial charge in [0.1, 0.15) is 0 Å². The summed E-state index contributed by atoms with van der Waals surface area (Å²) in [6, 6.07) is 10.2. The molecule has 1 amide bonds. The number of hydrogen-bond donors (Lipinski definition) is 2. The molecule has 0 aliphatic rings. The smallest absolute Gasteiger partial charge is 0.284 e. The number of nitrogens with two attached hydrogens (primary N) is 1. The van der Waals surface area contributed by atoms with E-state index in [9.17, 15) is 4.79 Å². The van der Waals surface area contributed by atoms with Crippen LogP contribution in [-0.2, 0) is 13.1 Å². The van der Waals surface area contributed by atoms with Gasteiger partial charge in [-0.2, -0.15) is 0 Å². The van der Waals surface area contributed by atoms with Crippen LogP contribution < -0.4 is 11.1 Å². The molecule has 0 spiro atoms. The number of aryl methyl sites for hydroxylation is 1. The van der Waals surface area contributed by atoms with Crippen molar-refractivity contribution in [3.63, 3.8) is 0 Å². The Hall–Kier alpha value is -2.14. The lowest BCUT2D eigenvalue weighted by atomic mass is 10.2. The molecule has 1 aromatic heterocycles. The first-order valence-corrected chi connectivity index (χ1v) is 6.33. The number of carbonyl (C=O) groups excluding carboxylic acids is 1. The fraction of sp³-hybridized carbons (Fsp3) is 0.286. The lowest BCUT2D eigenvalue weighted by molar-refractivity contribution is 0.0986. The molecule has 19 heavy (non-hydrogen) atoms. The van der Waals surface area contributed by atoms with Crippen LogP contribution >= 0.6 is 0 Å². The Morgan fingerprint density at radius 3 is 2.84 bits per heavy atom. The van der Waals surface area contributed by atoms with Crippen molar-refractivity contribution in [2.45, 2.75) is 19.5 Å². The number of rotatable bonds is 7. The zero-order valence-electron chi connectivity index (χ0n) is 10.7.